The summed E-state index contributed by atoms with van der Waals surface area (Å²) >= 11 is 0. The van der Waals surface area contributed by atoms with Crippen LogP contribution in [0, 0.1) is 12.3 Å². The predicted molar refractivity (Wildman–Crippen MR) is 80.7 cm³/mol. The van der Waals surface area contributed by atoms with E-state index in [2.05, 4.69) is 21.0 Å². The molecule has 0 aliphatic rings. The summed E-state index contributed by atoms with van der Waals surface area (Å²) in [6.45, 7) is 0.292. The Bertz CT molecular complexity index is 856. The number of rotatable bonds is 3. The predicted octanol–water partition coefficient (Wildman–Crippen LogP) is 1.05. The van der Waals surface area contributed by atoms with Gasteiger partial charge in [-0.3, -0.25) is 9.78 Å². The van der Waals surface area contributed by atoms with Gasteiger partial charge in [0.15, 0.2) is 5.82 Å². The third-order valence-electron chi connectivity index (χ3n) is 3.07. The summed E-state index contributed by atoms with van der Waals surface area (Å²) in [6, 6.07) is 6.88. The molecule has 7 nitrogen and oxygen atoms in total. The molecule has 0 amide bonds. The lowest BCUT2D eigenvalue weighted by molar-refractivity contribution is 0.0939. The Hall–Kier alpha value is -3.40. The summed E-state index contributed by atoms with van der Waals surface area (Å²) in [5.41, 5.74) is 6.94. The first kappa shape index (κ1) is 13.6. The Morgan fingerprint density at radius 1 is 1.32 bits per heavy atom. The molecule has 3 heterocycles. The molecule has 108 valence electrons. The highest BCUT2D eigenvalue weighted by Gasteiger charge is 2.19. The van der Waals surface area contributed by atoms with Crippen LogP contribution in [0.5, 0.6) is 0 Å². The zero-order valence-corrected chi connectivity index (χ0v) is 11.5. The molecule has 3 aromatic rings. The van der Waals surface area contributed by atoms with Gasteiger partial charge in [0.05, 0.1) is 6.54 Å². The second-order valence-corrected chi connectivity index (χ2v) is 4.47. The standard InChI is InChI=1S/C15H12N6O/c1-2-9-20-10-3-4-12(20)14(22)21-15(16)18-13(19-21)11-5-7-17-8-6-11/h1,3-8,10H,9H2,(H2,16,18,19). The normalized spacial score (nSPS) is 10.3. The summed E-state index contributed by atoms with van der Waals surface area (Å²) in [6.07, 6.45) is 10.3. The molecule has 0 saturated heterocycles. The van der Waals surface area contributed by atoms with E-state index in [1.165, 1.54) is 0 Å². The molecule has 0 radical (unpaired) electrons. The van der Waals surface area contributed by atoms with Crippen molar-refractivity contribution >= 4 is 11.9 Å². The topological polar surface area (TPSA) is 91.6 Å². The Labute approximate surface area is 126 Å². The monoisotopic (exact) mass is 292 g/mol. The van der Waals surface area contributed by atoms with E-state index >= 15 is 0 Å². The SMILES string of the molecule is C#CCn1cccc1C(=O)n1nc(-c2ccncc2)nc1N. The van der Waals surface area contributed by atoms with Crippen LogP contribution < -0.4 is 5.73 Å². The number of nitrogens with zero attached hydrogens (tertiary/aromatic N) is 5. The largest absolute Gasteiger partial charge is 0.368 e. The lowest BCUT2D eigenvalue weighted by Gasteiger charge is -2.04. The average molecular weight is 292 g/mol. The quantitative estimate of drug-likeness (QED) is 0.728. The van der Waals surface area contributed by atoms with Crippen molar-refractivity contribution in [3.8, 4) is 23.7 Å². The van der Waals surface area contributed by atoms with Gasteiger partial charge in [-0.15, -0.1) is 11.5 Å². The molecule has 0 unspecified atom stereocenters. The van der Waals surface area contributed by atoms with E-state index < -0.39 is 0 Å². The lowest BCUT2D eigenvalue weighted by atomic mass is 10.3. The van der Waals surface area contributed by atoms with Gasteiger partial charge in [0.2, 0.25) is 5.95 Å². The number of pyridine rings is 1. The first-order valence-electron chi connectivity index (χ1n) is 6.47. The summed E-state index contributed by atoms with van der Waals surface area (Å²) in [7, 11) is 0. The zero-order chi connectivity index (χ0) is 15.5. The molecular formula is C15H12N6O. The second kappa shape index (κ2) is 5.54. The Balaban J connectivity index is 1.99. The molecule has 3 aromatic heterocycles. The molecule has 0 atom stereocenters. The van der Waals surface area contributed by atoms with Crippen molar-refractivity contribution < 1.29 is 4.79 Å². The maximum absolute atomic E-state index is 12.5. The highest BCUT2D eigenvalue weighted by molar-refractivity contribution is 5.95. The molecule has 0 bridgehead atoms. The minimum absolute atomic E-state index is 0.0188. The first-order valence-corrected chi connectivity index (χ1v) is 6.47. The van der Waals surface area contributed by atoms with Gasteiger partial charge in [-0.05, 0) is 24.3 Å². The van der Waals surface area contributed by atoms with E-state index in [4.69, 9.17) is 12.2 Å². The lowest BCUT2D eigenvalue weighted by Crippen LogP contribution is -2.19. The maximum atomic E-state index is 12.5. The summed E-state index contributed by atoms with van der Waals surface area (Å²) in [5, 5.41) is 4.18. The molecule has 0 aromatic carbocycles. The molecule has 0 spiro atoms. The molecule has 2 N–H and O–H groups in total. The fraction of sp³-hybridized carbons (Fsp3) is 0.0667. The van der Waals surface area contributed by atoms with Gasteiger partial charge in [-0.1, -0.05) is 5.92 Å². The number of hydrogen-bond donors (Lipinski definition) is 1. The fourth-order valence-corrected chi connectivity index (χ4v) is 2.05. The molecule has 0 aliphatic carbocycles. The average Bonchev–Trinajstić information content (AvgIpc) is 3.15. The van der Waals surface area contributed by atoms with Crippen molar-refractivity contribution in [1.29, 1.82) is 0 Å². The van der Waals surface area contributed by atoms with Gasteiger partial charge in [-0.2, -0.15) is 9.67 Å². The number of carbonyl (C=O) groups is 1. The smallest absolute Gasteiger partial charge is 0.298 e. The van der Waals surface area contributed by atoms with Gasteiger partial charge in [0.1, 0.15) is 5.69 Å². The van der Waals surface area contributed by atoms with Crippen molar-refractivity contribution in [2.24, 2.45) is 0 Å². The molecule has 3 rings (SSSR count). The Morgan fingerprint density at radius 3 is 2.82 bits per heavy atom. The van der Waals surface area contributed by atoms with E-state index in [0.717, 1.165) is 10.2 Å². The van der Waals surface area contributed by atoms with Crippen LogP contribution in [0.15, 0.2) is 42.9 Å². The van der Waals surface area contributed by atoms with E-state index in [1.54, 1.807) is 47.4 Å². The van der Waals surface area contributed by atoms with Crippen molar-refractivity contribution in [3.63, 3.8) is 0 Å². The van der Waals surface area contributed by atoms with Gasteiger partial charge < -0.3 is 10.3 Å². The minimum Gasteiger partial charge on any atom is -0.368 e. The van der Waals surface area contributed by atoms with Crippen molar-refractivity contribution in [3.05, 3.63) is 48.5 Å². The Kier molecular flexibility index (Phi) is 3.42. The number of hydrogen-bond acceptors (Lipinski definition) is 5. The van der Waals surface area contributed by atoms with E-state index in [0.29, 0.717) is 18.1 Å². The van der Waals surface area contributed by atoms with Crippen LogP contribution in [0.2, 0.25) is 0 Å². The molecule has 0 fully saturated rings. The Morgan fingerprint density at radius 2 is 2.09 bits per heavy atom. The van der Waals surface area contributed by atoms with Crippen molar-refractivity contribution in [1.82, 2.24) is 24.3 Å². The zero-order valence-electron chi connectivity index (χ0n) is 11.5. The number of aromatic nitrogens is 5. The molecular weight excluding hydrogens is 280 g/mol. The number of nitrogens with two attached hydrogens (primary N) is 1. The number of anilines is 1. The van der Waals surface area contributed by atoms with E-state index in [9.17, 15) is 4.79 Å². The molecule has 7 heteroatoms. The summed E-state index contributed by atoms with van der Waals surface area (Å²) in [4.78, 5) is 20.6. The summed E-state index contributed by atoms with van der Waals surface area (Å²) in [5.74, 6) is 2.49. The van der Waals surface area contributed by atoms with Gasteiger partial charge >= 0.3 is 0 Å². The highest BCUT2D eigenvalue weighted by atomic mass is 16.2. The van der Waals surface area contributed by atoms with E-state index in [1.807, 2.05) is 0 Å². The van der Waals surface area contributed by atoms with Gasteiger partial charge in [0.25, 0.3) is 5.91 Å². The minimum atomic E-state index is -0.384. The molecule has 0 aliphatic heterocycles. The van der Waals surface area contributed by atoms with Gasteiger partial charge in [0, 0.05) is 24.2 Å². The molecule has 0 saturated carbocycles. The van der Waals surface area contributed by atoms with Crippen molar-refractivity contribution in [2.75, 3.05) is 5.73 Å². The second-order valence-electron chi connectivity index (χ2n) is 4.47. The van der Waals surface area contributed by atoms with Crippen molar-refractivity contribution in [2.45, 2.75) is 6.54 Å². The third kappa shape index (κ3) is 2.33. The van der Waals surface area contributed by atoms with Crippen LogP contribution in [-0.4, -0.2) is 30.2 Å². The van der Waals surface area contributed by atoms with Crippen LogP contribution in [0.25, 0.3) is 11.4 Å². The maximum Gasteiger partial charge on any atom is 0.298 e. The number of carbonyl (C=O) groups excluding carboxylic acids is 1. The van der Waals surface area contributed by atoms with Crippen LogP contribution in [0.3, 0.4) is 0 Å². The summed E-state index contributed by atoms with van der Waals surface area (Å²) < 4.78 is 2.72. The number of terminal acetylenes is 1. The molecule has 22 heavy (non-hydrogen) atoms. The van der Waals surface area contributed by atoms with Crippen LogP contribution in [0.1, 0.15) is 10.5 Å². The van der Waals surface area contributed by atoms with Crippen LogP contribution in [0.4, 0.5) is 5.95 Å². The van der Waals surface area contributed by atoms with Crippen LogP contribution in [-0.2, 0) is 6.54 Å². The first-order chi connectivity index (χ1) is 10.7. The van der Waals surface area contributed by atoms with E-state index in [-0.39, 0.29) is 11.9 Å². The van der Waals surface area contributed by atoms with Crippen LogP contribution >= 0.6 is 0 Å². The fourth-order valence-electron chi connectivity index (χ4n) is 2.05. The number of nitrogen functional groups attached to an aromatic ring is 1. The van der Waals surface area contributed by atoms with Gasteiger partial charge in [-0.25, -0.2) is 0 Å². The highest BCUT2D eigenvalue weighted by Crippen LogP contribution is 2.16. The third-order valence-corrected chi connectivity index (χ3v) is 3.07.